The number of likely N-dealkylation sites (N-methyl/N-ethyl adjacent to an activating group) is 1. The first-order valence-electron chi connectivity index (χ1n) is 8.05. The lowest BCUT2D eigenvalue weighted by atomic mass is 9.93. The third-order valence-electron chi connectivity index (χ3n) is 4.33. The second kappa shape index (κ2) is 6.89. The Morgan fingerprint density at radius 3 is 2.60 bits per heavy atom. The lowest BCUT2D eigenvalue weighted by Crippen LogP contribution is -2.56. The summed E-state index contributed by atoms with van der Waals surface area (Å²) >= 11 is 0. The van der Waals surface area contributed by atoms with Crippen molar-refractivity contribution in [1.82, 2.24) is 10.2 Å². The molecule has 1 N–H and O–H groups in total. The van der Waals surface area contributed by atoms with Crippen LogP contribution in [-0.4, -0.2) is 49.3 Å². The number of nitrogens with zero attached hydrogens (tertiary/aromatic N) is 2. The number of nitrogens with one attached hydrogen (secondary N) is 1. The molecule has 20 heavy (non-hydrogen) atoms. The average Bonchev–Trinajstić information content (AvgIpc) is 3.23. The highest BCUT2D eigenvalue weighted by Gasteiger charge is 2.46. The van der Waals surface area contributed by atoms with Gasteiger partial charge in [-0.1, -0.05) is 0 Å². The predicted octanol–water partition coefficient (Wildman–Crippen LogP) is 2.16. The van der Waals surface area contributed by atoms with Crippen LogP contribution in [-0.2, 0) is 4.74 Å². The van der Waals surface area contributed by atoms with Gasteiger partial charge in [-0.15, -0.1) is 0 Å². The number of ether oxygens (including phenoxy) is 1. The van der Waals surface area contributed by atoms with Gasteiger partial charge in [0.05, 0.1) is 12.2 Å². The molecule has 2 atom stereocenters. The summed E-state index contributed by atoms with van der Waals surface area (Å²) in [6.45, 7) is 6.88. The summed E-state index contributed by atoms with van der Waals surface area (Å²) < 4.78 is 5.81. The molecule has 2 unspecified atom stereocenters. The number of hydrogen-bond acceptors (Lipinski definition) is 4. The summed E-state index contributed by atoms with van der Waals surface area (Å²) in [6, 6.07) is 2.93. The number of rotatable bonds is 7. The zero-order valence-corrected chi connectivity index (χ0v) is 13.2. The van der Waals surface area contributed by atoms with Crippen molar-refractivity contribution in [2.75, 3.05) is 26.7 Å². The first-order valence-corrected chi connectivity index (χ1v) is 8.05. The van der Waals surface area contributed by atoms with E-state index in [4.69, 9.17) is 4.74 Å². The fourth-order valence-electron chi connectivity index (χ4n) is 3.33. The second-order valence-corrected chi connectivity index (χ2v) is 6.84. The third-order valence-corrected chi connectivity index (χ3v) is 4.33. The quantitative estimate of drug-likeness (QED) is 0.776. The first kappa shape index (κ1) is 15.8. The molecule has 1 heterocycles. The van der Waals surface area contributed by atoms with Crippen molar-refractivity contribution in [3.63, 3.8) is 0 Å². The van der Waals surface area contributed by atoms with Gasteiger partial charge < -0.3 is 9.64 Å². The van der Waals surface area contributed by atoms with Gasteiger partial charge >= 0.3 is 0 Å². The van der Waals surface area contributed by atoms with Gasteiger partial charge in [-0.25, -0.2) is 0 Å². The van der Waals surface area contributed by atoms with Crippen LogP contribution in [0, 0.1) is 17.2 Å². The molecule has 0 amide bonds. The van der Waals surface area contributed by atoms with Crippen LogP contribution in [0.3, 0.4) is 0 Å². The van der Waals surface area contributed by atoms with Crippen LogP contribution in [0.4, 0.5) is 0 Å². The van der Waals surface area contributed by atoms with Crippen molar-refractivity contribution in [3.05, 3.63) is 0 Å². The molecule has 0 spiro atoms. The van der Waals surface area contributed by atoms with E-state index in [0.717, 1.165) is 26.1 Å². The molecule has 1 aliphatic heterocycles. The largest absolute Gasteiger partial charge is 0.377 e. The zero-order valence-electron chi connectivity index (χ0n) is 13.2. The highest BCUT2D eigenvalue weighted by atomic mass is 16.5. The molecule has 0 aromatic rings. The molecular weight excluding hydrogens is 250 g/mol. The van der Waals surface area contributed by atoms with E-state index < -0.39 is 0 Å². The molecule has 1 saturated carbocycles. The molecule has 2 rings (SSSR count). The van der Waals surface area contributed by atoms with Crippen molar-refractivity contribution in [2.24, 2.45) is 5.92 Å². The Kier molecular flexibility index (Phi) is 5.42. The van der Waals surface area contributed by atoms with Crippen LogP contribution in [0.1, 0.15) is 46.0 Å². The SMILES string of the molecule is CC(C)NC(C#N)(CN(C)CC1CCCCO1)C1CC1. The van der Waals surface area contributed by atoms with Gasteiger partial charge in [0.15, 0.2) is 0 Å². The van der Waals surface area contributed by atoms with E-state index >= 15 is 0 Å². The fraction of sp³-hybridized carbons (Fsp3) is 0.938. The van der Waals surface area contributed by atoms with Crippen molar-refractivity contribution in [2.45, 2.75) is 63.6 Å². The summed E-state index contributed by atoms with van der Waals surface area (Å²) in [5.41, 5.74) is -0.377. The topological polar surface area (TPSA) is 48.3 Å². The molecule has 1 saturated heterocycles. The molecule has 114 valence electrons. The molecule has 0 aromatic carbocycles. The highest BCUT2D eigenvalue weighted by molar-refractivity contribution is 5.17. The van der Waals surface area contributed by atoms with Crippen LogP contribution < -0.4 is 5.32 Å². The molecule has 2 aliphatic rings. The molecule has 2 fully saturated rings. The monoisotopic (exact) mass is 279 g/mol. The van der Waals surface area contributed by atoms with Gasteiger partial charge in [0.25, 0.3) is 0 Å². The summed E-state index contributed by atoms with van der Waals surface area (Å²) in [5, 5.41) is 13.2. The van der Waals surface area contributed by atoms with E-state index in [2.05, 4.69) is 37.2 Å². The lowest BCUT2D eigenvalue weighted by Gasteiger charge is -2.36. The van der Waals surface area contributed by atoms with E-state index in [9.17, 15) is 5.26 Å². The second-order valence-electron chi connectivity index (χ2n) is 6.84. The van der Waals surface area contributed by atoms with E-state index in [0.29, 0.717) is 18.1 Å². The normalized spacial score (nSPS) is 26.5. The van der Waals surface area contributed by atoms with Gasteiger partial charge in [-0.2, -0.15) is 5.26 Å². The lowest BCUT2D eigenvalue weighted by molar-refractivity contribution is -0.00471. The Morgan fingerprint density at radius 2 is 2.10 bits per heavy atom. The Morgan fingerprint density at radius 1 is 1.35 bits per heavy atom. The van der Waals surface area contributed by atoms with Gasteiger partial charge in [0, 0.05) is 25.7 Å². The Bertz CT molecular complexity index is 342. The fourth-order valence-corrected chi connectivity index (χ4v) is 3.33. The van der Waals surface area contributed by atoms with Crippen molar-refractivity contribution in [1.29, 1.82) is 5.26 Å². The zero-order chi connectivity index (χ0) is 14.6. The maximum atomic E-state index is 9.72. The minimum atomic E-state index is -0.377. The smallest absolute Gasteiger partial charge is 0.122 e. The average molecular weight is 279 g/mol. The minimum absolute atomic E-state index is 0.342. The maximum Gasteiger partial charge on any atom is 0.122 e. The number of nitriles is 1. The Hall–Kier alpha value is -0.630. The summed E-state index contributed by atoms with van der Waals surface area (Å²) in [6.07, 6.45) is 6.34. The van der Waals surface area contributed by atoms with Gasteiger partial charge in [0.2, 0.25) is 0 Å². The Balaban J connectivity index is 1.91. The third kappa shape index (κ3) is 4.18. The van der Waals surface area contributed by atoms with Crippen molar-refractivity contribution in [3.8, 4) is 6.07 Å². The molecule has 0 aromatic heterocycles. The summed E-state index contributed by atoms with van der Waals surface area (Å²) in [5.74, 6) is 0.518. The highest BCUT2D eigenvalue weighted by Crippen LogP contribution is 2.40. The maximum absolute atomic E-state index is 9.72. The van der Waals surface area contributed by atoms with Crippen molar-refractivity contribution >= 4 is 0 Å². The van der Waals surface area contributed by atoms with Crippen LogP contribution in [0.2, 0.25) is 0 Å². The van der Waals surface area contributed by atoms with Crippen LogP contribution in [0.25, 0.3) is 0 Å². The van der Waals surface area contributed by atoms with Crippen LogP contribution in [0.5, 0.6) is 0 Å². The van der Waals surface area contributed by atoms with Gasteiger partial charge in [-0.05, 0) is 58.9 Å². The summed E-state index contributed by atoms with van der Waals surface area (Å²) in [4.78, 5) is 2.28. The molecule has 0 radical (unpaired) electrons. The van der Waals surface area contributed by atoms with Crippen LogP contribution in [0.15, 0.2) is 0 Å². The minimum Gasteiger partial charge on any atom is -0.377 e. The predicted molar refractivity (Wildman–Crippen MR) is 80.4 cm³/mol. The van der Waals surface area contributed by atoms with Gasteiger partial charge in [-0.3, -0.25) is 5.32 Å². The molecular formula is C16H29N3O. The standard InChI is InChI=1S/C16H29N3O/c1-13(2)18-16(11-17,14-7-8-14)12-19(3)10-15-6-4-5-9-20-15/h13-15,18H,4-10,12H2,1-3H3. The van der Waals surface area contributed by atoms with E-state index in [-0.39, 0.29) is 5.54 Å². The van der Waals surface area contributed by atoms with E-state index in [1.54, 1.807) is 0 Å². The number of hydrogen-bond donors (Lipinski definition) is 1. The molecule has 1 aliphatic carbocycles. The van der Waals surface area contributed by atoms with Crippen LogP contribution >= 0.6 is 0 Å². The van der Waals surface area contributed by atoms with E-state index in [1.807, 2.05) is 0 Å². The van der Waals surface area contributed by atoms with Gasteiger partial charge in [0.1, 0.15) is 5.54 Å². The van der Waals surface area contributed by atoms with E-state index in [1.165, 1.54) is 25.7 Å². The Labute approximate surface area is 123 Å². The molecule has 4 nitrogen and oxygen atoms in total. The molecule has 4 heteroatoms. The summed E-state index contributed by atoms with van der Waals surface area (Å²) in [7, 11) is 2.12. The first-order chi connectivity index (χ1) is 9.55. The molecule has 0 bridgehead atoms. The van der Waals surface area contributed by atoms with Crippen molar-refractivity contribution < 1.29 is 4.74 Å².